The van der Waals surface area contributed by atoms with Crippen LogP contribution in [0.5, 0.6) is 0 Å². The van der Waals surface area contributed by atoms with Gasteiger partial charge in [-0.25, -0.2) is 4.98 Å². The molecule has 2 aromatic rings. The number of nitrogens with two attached hydrogens (primary N) is 1. The summed E-state index contributed by atoms with van der Waals surface area (Å²) in [5.41, 5.74) is 4.72. The minimum atomic E-state index is -0.143. The molecule has 6 heteroatoms. The summed E-state index contributed by atoms with van der Waals surface area (Å²) in [6, 6.07) is 5.51. The van der Waals surface area contributed by atoms with E-state index >= 15 is 0 Å². The zero-order valence-corrected chi connectivity index (χ0v) is 11.7. The number of carbonyl (C=O) groups excluding carboxylic acids is 1. The standard InChI is InChI=1S/C14H19N5O/c1-10-3-4-12(18-15)11(9-10)14(20)17-6-5-13-16-7-8-19(13)2/h3-4,7-9,18H,5-6,15H2,1-2H3,(H,17,20). The highest BCUT2D eigenvalue weighted by atomic mass is 16.1. The molecule has 1 heterocycles. The van der Waals surface area contributed by atoms with Crippen molar-refractivity contribution < 1.29 is 4.79 Å². The Bertz CT molecular complexity index is 605. The molecule has 106 valence electrons. The summed E-state index contributed by atoms with van der Waals surface area (Å²) < 4.78 is 1.94. The number of nitrogen functional groups attached to an aromatic ring is 1. The fraction of sp³-hybridized carbons (Fsp3) is 0.286. The van der Waals surface area contributed by atoms with E-state index in [0.29, 0.717) is 24.2 Å². The van der Waals surface area contributed by atoms with Gasteiger partial charge < -0.3 is 15.3 Å². The van der Waals surface area contributed by atoms with E-state index in [2.05, 4.69) is 15.7 Å². The van der Waals surface area contributed by atoms with E-state index < -0.39 is 0 Å². The van der Waals surface area contributed by atoms with Gasteiger partial charge in [-0.05, 0) is 19.1 Å². The van der Waals surface area contributed by atoms with Crippen molar-refractivity contribution in [2.75, 3.05) is 12.0 Å². The van der Waals surface area contributed by atoms with Gasteiger partial charge >= 0.3 is 0 Å². The van der Waals surface area contributed by atoms with Crippen LogP contribution >= 0.6 is 0 Å². The van der Waals surface area contributed by atoms with E-state index in [-0.39, 0.29) is 5.91 Å². The van der Waals surface area contributed by atoms with Crippen molar-refractivity contribution in [3.8, 4) is 0 Å². The summed E-state index contributed by atoms with van der Waals surface area (Å²) in [5, 5.41) is 2.88. The average molecular weight is 273 g/mol. The summed E-state index contributed by atoms with van der Waals surface area (Å²) in [5.74, 6) is 6.21. The van der Waals surface area contributed by atoms with Crippen molar-refractivity contribution in [2.24, 2.45) is 12.9 Å². The normalized spacial score (nSPS) is 10.3. The Balaban J connectivity index is 1.98. The Morgan fingerprint density at radius 2 is 2.25 bits per heavy atom. The third kappa shape index (κ3) is 3.16. The van der Waals surface area contributed by atoms with Gasteiger partial charge in [-0.3, -0.25) is 10.6 Å². The number of aromatic nitrogens is 2. The van der Waals surface area contributed by atoms with Crippen LogP contribution < -0.4 is 16.6 Å². The molecule has 0 bridgehead atoms. The van der Waals surface area contributed by atoms with Crippen LogP contribution in [0.3, 0.4) is 0 Å². The molecular formula is C14H19N5O. The molecule has 0 fully saturated rings. The molecule has 6 nitrogen and oxygen atoms in total. The van der Waals surface area contributed by atoms with Crippen molar-refractivity contribution in [3.63, 3.8) is 0 Å². The molecule has 1 aromatic heterocycles. The molecule has 0 saturated heterocycles. The van der Waals surface area contributed by atoms with Crippen molar-refractivity contribution in [3.05, 3.63) is 47.5 Å². The van der Waals surface area contributed by atoms with Crippen molar-refractivity contribution in [1.82, 2.24) is 14.9 Å². The third-order valence-corrected chi connectivity index (χ3v) is 3.13. The molecule has 1 aromatic carbocycles. The maximum atomic E-state index is 12.2. The summed E-state index contributed by atoms with van der Waals surface area (Å²) in [6.45, 7) is 2.46. The predicted molar refractivity (Wildman–Crippen MR) is 78.2 cm³/mol. The van der Waals surface area contributed by atoms with Crippen LogP contribution in [0.1, 0.15) is 21.7 Å². The molecule has 20 heavy (non-hydrogen) atoms. The summed E-state index contributed by atoms with van der Waals surface area (Å²) >= 11 is 0. The molecule has 0 saturated carbocycles. The number of rotatable bonds is 5. The molecule has 0 radical (unpaired) electrons. The molecule has 0 atom stereocenters. The van der Waals surface area contributed by atoms with Gasteiger partial charge in [0.05, 0.1) is 11.3 Å². The molecule has 4 N–H and O–H groups in total. The number of aryl methyl sites for hydroxylation is 2. The molecular weight excluding hydrogens is 254 g/mol. The van der Waals surface area contributed by atoms with Crippen LogP contribution in [0, 0.1) is 6.92 Å². The maximum absolute atomic E-state index is 12.2. The van der Waals surface area contributed by atoms with Crippen LogP contribution in [-0.4, -0.2) is 22.0 Å². The first kappa shape index (κ1) is 14.1. The van der Waals surface area contributed by atoms with Crippen LogP contribution in [0.25, 0.3) is 0 Å². The lowest BCUT2D eigenvalue weighted by molar-refractivity contribution is 0.0954. The van der Waals surface area contributed by atoms with Gasteiger partial charge in [-0.1, -0.05) is 11.6 Å². The highest BCUT2D eigenvalue weighted by molar-refractivity contribution is 5.99. The lowest BCUT2D eigenvalue weighted by Crippen LogP contribution is -2.27. The van der Waals surface area contributed by atoms with E-state index in [1.165, 1.54) is 0 Å². The number of benzene rings is 1. The van der Waals surface area contributed by atoms with Crippen molar-refractivity contribution >= 4 is 11.6 Å². The maximum Gasteiger partial charge on any atom is 0.253 e. The van der Waals surface area contributed by atoms with Gasteiger partial charge in [0.2, 0.25) is 0 Å². The Labute approximate surface area is 118 Å². The number of carbonyl (C=O) groups is 1. The summed E-state index contributed by atoms with van der Waals surface area (Å²) in [6.07, 6.45) is 4.31. The van der Waals surface area contributed by atoms with Crippen molar-refractivity contribution in [2.45, 2.75) is 13.3 Å². The number of nitrogens with one attached hydrogen (secondary N) is 2. The first-order valence-electron chi connectivity index (χ1n) is 6.43. The summed E-state index contributed by atoms with van der Waals surface area (Å²) in [7, 11) is 1.93. The van der Waals surface area contributed by atoms with Crippen LogP contribution in [0.2, 0.25) is 0 Å². The minimum Gasteiger partial charge on any atom is -0.352 e. The van der Waals surface area contributed by atoms with Crippen LogP contribution in [0.15, 0.2) is 30.6 Å². The Morgan fingerprint density at radius 1 is 1.45 bits per heavy atom. The number of hydrogen-bond donors (Lipinski definition) is 3. The van der Waals surface area contributed by atoms with Crippen molar-refractivity contribution in [1.29, 1.82) is 0 Å². The third-order valence-electron chi connectivity index (χ3n) is 3.13. The average Bonchev–Trinajstić information content (AvgIpc) is 2.84. The molecule has 1 amide bonds. The first-order chi connectivity index (χ1) is 9.61. The fourth-order valence-corrected chi connectivity index (χ4v) is 1.99. The topological polar surface area (TPSA) is 85.0 Å². The van der Waals surface area contributed by atoms with Crippen LogP contribution in [0.4, 0.5) is 5.69 Å². The van der Waals surface area contributed by atoms with Gasteiger partial charge in [0.25, 0.3) is 5.91 Å². The number of hydrazine groups is 1. The Hall–Kier alpha value is -2.34. The lowest BCUT2D eigenvalue weighted by Gasteiger charge is -2.10. The van der Waals surface area contributed by atoms with Gasteiger partial charge in [-0.2, -0.15) is 0 Å². The smallest absolute Gasteiger partial charge is 0.253 e. The molecule has 0 aliphatic carbocycles. The molecule has 2 rings (SSSR count). The largest absolute Gasteiger partial charge is 0.352 e. The quantitative estimate of drug-likeness (QED) is 0.560. The van der Waals surface area contributed by atoms with Gasteiger partial charge in [0, 0.05) is 32.4 Å². The zero-order chi connectivity index (χ0) is 14.5. The SMILES string of the molecule is Cc1ccc(NN)c(C(=O)NCCc2nccn2C)c1. The van der Waals surface area contributed by atoms with E-state index in [1.807, 2.05) is 36.9 Å². The van der Waals surface area contributed by atoms with Gasteiger partial charge in [-0.15, -0.1) is 0 Å². The molecule has 0 aliphatic heterocycles. The Morgan fingerprint density at radius 3 is 2.90 bits per heavy atom. The number of anilines is 1. The number of imidazole rings is 1. The second-order valence-corrected chi connectivity index (χ2v) is 4.65. The van der Waals surface area contributed by atoms with E-state index in [1.54, 1.807) is 12.3 Å². The van der Waals surface area contributed by atoms with E-state index in [4.69, 9.17) is 5.84 Å². The van der Waals surface area contributed by atoms with Gasteiger partial charge in [0.1, 0.15) is 5.82 Å². The fourth-order valence-electron chi connectivity index (χ4n) is 1.99. The van der Waals surface area contributed by atoms with Gasteiger partial charge in [0.15, 0.2) is 0 Å². The minimum absolute atomic E-state index is 0.143. The zero-order valence-electron chi connectivity index (χ0n) is 11.7. The number of amides is 1. The van der Waals surface area contributed by atoms with Crippen LogP contribution in [-0.2, 0) is 13.5 Å². The monoisotopic (exact) mass is 273 g/mol. The second-order valence-electron chi connectivity index (χ2n) is 4.65. The predicted octanol–water partition coefficient (Wildman–Crippen LogP) is 0.987. The van der Waals surface area contributed by atoms with E-state index in [9.17, 15) is 4.79 Å². The Kier molecular flexibility index (Phi) is 4.37. The summed E-state index contributed by atoms with van der Waals surface area (Å²) in [4.78, 5) is 16.4. The number of nitrogens with zero attached hydrogens (tertiary/aromatic N) is 2. The first-order valence-corrected chi connectivity index (χ1v) is 6.43. The number of hydrogen-bond acceptors (Lipinski definition) is 4. The highest BCUT2D eigenvalue weighted by Gasteiger charge is 2.11. The molecule has 0 aliphatic rings. The molecule has 0 spiro atoms. The second kappa shape index (κ2) is 6.21. The molecule has 0 unspecified atom stereocenters. The highest BCUT2D eigenvalue weighted by Crippen LogP contribution is 2.16. The van der Waals surface area contributed by atoms with E-state index in [0.717, 1.165) is 11.4 Å². The lowest BCUT2D eigenvalue weighted by atomic mass is 10.1.